The van der Waals surface area contributed by atoms with Crippen molar-refractivity contribution in [2.45, 2.75) is 32.7 Å². The summed E-state index contributed by atoms with van der Waals surface area (Å²) in [6.45, 7) is 5.57. The zero-order chi connectivity index (χ0) is 11.5. The molecule has 1 N–H and O–H groups in total. The van der Waals surface area contributed by atoms with Gasteiger partial charge < -0.3 is 10.2 Å². The SMILES string of the molecule is Cc1nsc(NC(C)CN2CCCC2=O)n1. The van der Waals surface area contributed by atoms with Crippen molar-refractivity contribution >= 4 is 22.6 Å². The Morgan fingerprint density at radius 2 is 2.44 bits per heavy atom. The number of carbonyl (C=O) groups is 1. The molecule has 1 aliphatic heterocycles. The molecule has 1 aromatic heterocycles. The van der Waals surface area contributed by atoms with Gasteiger partial charge in [-0.1, -0.05) is 0 Å². The molecule has 1 aromatic rings. The molecule has 0 saturated carbocycles. The van der Waals surface area contributed by atoms with Crippen LogP contribution in [0.15, 0.2) is 0 Å². The Bertz CT molecular complexity index is 379. The van der Waals surface area contributed by atoms with E-state index in [-0.39, 0.29) is 11.9 Å². The number of rotatable bonds is 4. The third kappa shape index (κ3) is 2.69. The highest BCUT2D eigenvalue weighted by atomic mass is 32.1. The Labute approximate surface area is 99.0 Å². The summed E-state index contributed by atoms with van der Waals surface area (Å²) in [5.74, 6) is 1.05. The lowest BCUT2D eigenvalue weighted by molar-refractivity contribution is -0.127. The van der Waals surface area contributed by atoms with Crippen LogP contribution in [0.25, 0.3) is 0 Å². The zero-order valence-electron chi connectivity index (χ0n) is 9.56. The van der Waals surface area contributed by atoms with Crippen LogP contribution in [0.3, 0.4) is 0 Å². The van der Waals surface area contributed by atoms with E-state index in [1.54, 1.807) is 0 Å². The monoisotopic (exact) mass is 240 g/mol. The molecule has 88 valence electrons. The van der Waals surface area contributed by atoms with Crippen molar-refractivity contribution < 1.29 is 4.79 Å². The fourth-order valence-electron chi connectivity index (χ4n) is 1.84. The number of anilines is 1. The summed E-state index contributed by atoms with van der Waals surface area (Å²) in [5, 5.41) is 4.09. The molecule has 0 spiro atoms. The van der Waals surface area contributed by atoms with E-state index in [1.807, 2.05) is 11.8 Å². The molecule has 6 heteroatoms. The summed E-state index contributed by atoms with van der Waals surface area (Å²) < 4.78 is 4.10. The lowest BCUT2D eigenvalue weighted by atomic mass is 10.3. The van der Waals surface area contributed by atoms with Gasteiger partial charge in [0.2, 0.25) is 11.0 Å². The highest BCUT2D eigenvalue weighted by molar-refractivity contribution is 7.09. The number of amides is 1. The molecule has 1 aliphatic rings. The first-order valence-electron chi connectivity index (χ1n) is 5.50. The number of carbonyl (C=O) groups excluding carboxylic acids is 1. The molecule has 0 aromatic carbocycles. The van der Waals surface area contributed by atoms with Gasteiger partial charge in [-0.2, -0.15) is 4.37 Å². The van der Waals surface area contributed by atoms with Crippen LogP contribution in [-0.2, 0) is 4.79 Å². The van der Waals surface area contributed by atoms with Crippen molar-refractivity contribution in [2.75, 3.05) is 18.4 Å². The van der Waals surface area contributed by atoms with Crippen LogP contribution >= 0.6 is 11.5 Å². The van der Waals surface area contributed by atoms with Crippen molar-refractivity contribution in [3.63, 3.8) is 0 Å². The highest BCUT2D eigenvalue weighted by Crippen LogP contribution is 2.14. The summed E-state index contributed by atoms with van der Waals surface area (Å²) >= 11 is 1.36. The van der Waals surface area contributed by atoms with E-state index in [0.717, 1.165) is 30.5 Å². The normalized spacial score (nSPS) is 17.9. The zero-order valence-corrected chi connectivity index (χ0v) is 10.4. The van der Waals surface area contributed by atoms with Crippen LogP contribution in [0.5, 0.6) is 0 Å². The summed E-state index contributed by atoms with van der Waals surface area (Å²) in [6, 6.07) is 0.217. The number of likely N-dealkylation sites (tertiary alicyclic amines) is 1. The molecule has 1 fully saturated rings. The van der Waals surface area contributed by atoms with E-state index in [9.17, 15) is 4.79 Å². The Morgan fingerprint density at radius 3 is 3.00 bits per heavy atom. The number of hydrogen-bond acceptors (Lipinski definition) is 5. The lowest BCUT2D eigenvalue weighted by Crippen LogP contribution is -2.35. The van der Waals surface area contributed by atoms with Crippen molar-refractivity contribution in [3.05, 3.63) is 5.82 Å². The number of nitrogens with zero attached hydrogens (tertiary/aromatic N) is 3. The van der Waals surface area contributed by atoms with E-state index in [0.29, 0.717) is 6.42 Å². The van der Waals surface area contributed by atoms with Crippen LogP contribution in [0, 0.1) is 6.92 Å². The third-order valence-electron chi connectivity index (χ3n) is 2.56. The molecule has 1 unspecified atom stereocenters. The van der Waals surface area contributed by atoms with Crippen LogP contribution < -0.4 is 5.32 Å². The van der Waals surface area contributed by atoms with Crippen molar-refractivity contribution in [3.8, 4) is 0 Å². The number of hydrogen-bond donors (Lipinski definition) is 1. The van der Waals surface area contributed by atoms with Gasteiger partial charge in [-0.15, -0.1) is 0 Å². The molecule has 1 atom stereocenters. The average molecular weight is 240 g/mol. The standard InChI is InChI=1S/C10H16N4OS/c1-7(6-14-5-3-4-9(14)15)11-10-12-8(2)13-16-10/h7H,3-6H2,1-2H3,(H,11,12,13). The first-order chi connectivity index (χ1) is 7.65. The molecular weight excluding hydrogens is 224 g/mol. The Hall–Kier alpha value is -1.17. The molecular formula is C10H16N4OS. The smallest absolute Gasteiger partial charge is 0.222 e. The molecule has 1 saturated heterocycles. The maximum Gasteiger partial charge on any atom is 0.222 e. The molecule has 16 heavy (non-hydrogen) atoms. The lowest BCUT2D eigenvalue weighted by Gasteiger charge is -2.21. The molecule has 1 amide bonds. The maximum atomic E-state index is 11.4. The Kier molecular flexibility index (Phi) is 3.38. The predicted octanol–water partition coefficient (Wildman–Crippen LogP) is 1.27. The van der Waals surface area contributed by atoms with Crippen LogP contribution in [0.2, 0.25) is 0 Å². The predicted molar refractivity (Wildman–Crippen MR) is 63.5 cm³/mol. The van der Waals surface area contributed by atoms with Crippen molar-refractivity contribution in [1.82, 2.24) is 14.3 Å². The number of aromatic nitrogens is 2. The van der Waals surface area contributed by atoms with Gasteiger partial charge >= 0.3 is 0 Å². The van der Waals surface area contributed by atoms with E-state index >= 15 is 0 Å². The van der Waals surface area contributed by atoms with Crippen molar-refractivity contribution in [1.29, 1.82) is 0 Å². The molecule has 2 heterocycles. The van der Waals surface area contributed by atoms with E-state index in [1.165, 1.54) is 11.5 Å². The van der Waals surface area contributed by atoms with E-state index in [4.69, 9.17) is 0 Å². The highest BCUT2D eigenvalue weighted by Gasteiger charge is 2.21. The third-order valence-corrected chi connectivity index (χ3v) is 3.30. The van der Waals surface area contributed by atoms with Crippen LogP contribution in [0.4, 0.5) is 5.13 Å². The van der Waals surface area contributed by atoms with Gasteiger partial charge in [0.1, 0.15) is 5.82 Å². The van der Waals surface area contributed by atoms with E-state index in [2.05, 4.69) is 21.6 Å². The number of aryl methyl sites for hydroxylation is 1. The number of nitrogens with one attached hydrogen (secondary N) is 1. The van der Waals surface area contributed by atoms with Gasteiger partial charge in [-0.3, -0.25) is 4.79 Å². The minimum atomic E-state index is 0.217. The quantitative estimate of drug-likeness (QED) is 0.861. The Balaban J connectivity index is 1.84. The molecule has 2 rings (SSSR count). The maximum absolute atomic E-state index is 11.4. The topological polar surface area (TPSA) is 58.1 Å². The van der Waals surface area contributed by atoms with Crippen LogP contribution in [0.1, 0.15) is 25.6 Å². The first-order valence-corrected chi connectivity index (χ1v) is 6.27. The second kappa shape index (κ2) is 4.78. The minimum Gasteiger partial charge on any atom is -0.356 e. The molecule has 0 aliphatic carbocycles. The van der Waals surface area contributed by atoms with Gasteiger partial charge in [0.15, 0.2) is 0 Å². The summed E-state index contributed by atoms with van der Waals surface area (Å²) in [6.07, 6.45) is 1.69. The van der Waals surface area contributed by atoms with Gasteiger partial charge in [0.05, 0.1) is 0 Å². The second-order valence-electron chi connectivity index (χ2n) is 4.14. The van der Waals surface area contributed by atoms with Crippen LogP contribution in [-0.4, -0.2) is 39.3 Å². The van der Waals surface area contributed by atoms with Gasteiger partial charge in [-0.05, 0) is 20.3 Å². The Morgan fingerprint density at radius 1 is 1.62 bits per heavy atom. The largest absolute Gasteiger partial charge is 0.356 e. The van der Waals surface area contributed by atoms with Gasteiger partial charge in [-0.25, -0.2) is 4.98 Å². The second-order valence-corrected chi connectivity index (χ2v) is 4.89. The summed E-state index contributed by atoms with van der Waals surface area (Å²) in [5.41, 5.74) is 0. The fraction of sp³-hybridized carbons (Fsp3) is 0.700. The van der Waals surface area contributed by atoms with E-state index < -0.39 is 0 Å². The first kappa shape index (κ1) is 11.3. The van der Waals surface area contributed by atoms with Gasteiger partial charge in [0, 0.05) is 37.1 Å². The fourth-order valence-corrected chi connectivity index (χ4v) is 2.53. The minimum absolute atomic E-state index is 0.217. The molecule has 0 radical (unpaired) electrons. The molecule has 5 nitrogen and oxygen atoms in total. The molecule has 0 bridgehead atoms. The van der Waals surface area contributed by atoms with Gasteiger partial charge in [0.25, 0.3) is 0 Å². The van der Waals surface area contributed by atoms with Crippen molar-refractivity contribution in [2.24, 2.45) is 0 Å². The average Bonchev–Trinajstić information content (AvgIpc) is 2.77. The summed E-state index contributed by atoms with van der Waals surface area (Å²) in [4.78, 5) is 17.6. The summed E-state index contributed by atoms with van der Waals surface area (Å²) in [7, 11) is 0.